The smallest absolute Gasteiger partial charge is 0.0799 e. The van der Waals surface area contributed by atoms with Gasteiger partial charge in [0.1, 0.15) is 0 Å². The molecule has 2 aliphatic rings. The summed E-state index contributed by atoms with van der Waals surface area (Å²) in [5, 5.41) is 3.71. The van der Waals surface area contributed by atoms with Gasteiger partial charge in [-0.3, -0.25) is 4.90 Å². The van der Waals surface area contributed by atoms with E-state index in [0.717, 1.165) is 12.6 Å². The van der Waals surface area contributed by atoms with Crippen LogP contribution in [0.3, 0.4) is 0 Å². The highest BCUT2D eigenvalue weighted by molar-refractivity contribution is 5.60. The average molecular weight is 216 g/mol. The van der Waals surface area contributed by atoms with E-state index in [-0.39, 0.29) is 0 Å². The average Bonchev–Trinajstić information content (AvgIpc) is 2.58. The second-order valence-electron chi connectivity index (χ2n) is 5.37. The highest BCUT2D eigenvalue weighted by Crippen LogP contribution is 2.36. The minimum absolute atomic E-state index is 0.573. The lowest BCUT2D eigenvalue weighted by Crippen LogP contribution is -2.42. The molecule has 2 unspecified atom stereocenters. The van der Waals surface area contributed by atoms with Crippen LogP contribution in [0, 0.1) is 13.8 Å². The van der Waals surface area contributed by atoms with E-state index in [0.29, 0.717) is 6.17 Å². The molecule has 0 aromatic heterocycles. The second kappa shape index (κ2) is 3.49. The first-order valence-electron chi connectivity index (χ1n) is 6.27. The van der Waals surface area contributed by atoms with Crippen LogP contribution in [-0.4, -0.2) is 17.1 Å². The van der Waals surface area contributed by atoms with Gasteiger partial charge in [0.25, 0.3) is 0 Å². The minimum atomic E-state index is 0.573. The Kier molecular flexibility index (Phi) is 2.21. The summed E-state index contributed by atoms with van der Waals surface area (Å²) in [6.07, 6.45) is 3.18. The molecule has 1 aromatic carbocycles. The molecule has 2 nitrogen and oxygen atoms in total. The third kappa shape index (κ3) is 1.44. The highest BCUT2D eigenvalue weighted by Gasteiger charge is 2.34. The lowest BCUT2D eigenvalue weighted by molar-refractivity contribution is 0.202. The molecule has 3 rings (SSSR count). The molecule has 16 heavy (non-hydrogen) atoms. The van der Waals surface area contributed by atoms with Crippen molar-refractivity contribution in [3.63, 3.8) is 0 Å². The van der Waals surface area contributed by atoms with Crippen molar-refractivity contribution in [3.05, 3.63) is 28.8 Å². The topological polar surface area (TPSA) is 15.3 Å². The maximum Gasteiger partial charge on any atom is 0.0799 e. The molecule has 0 bridgehead atoms. The monoisotopic (exact) mass is 216 g/mol. The van der Waals surface area contributed by atoms with Gasteiger partial charge in [-0.2, -0.15) is 0 Å². The number of anilines is 1. The Balaban J connectivity index is 2.02. The number of rotatable bonds is 0. The Labute approximate surface area is 97.6 Å². The molecule has 2 heteroatoms. The fourth-order valence-corrected chi connectivity index (χ4v) is 3.21. The Hall–Kier alpha value is -1.02. The number of aryl methyl sites for hydroxylation is 2. The van der Waals surface area contributed by atoms with E-state index < -0.39 is 0 Å². The van der Waals surface area contributed by atoms with E-state index in [9.17, 15) is 0 Å². The number of hydrogen-bond donors (Lipinski definition) is 1. The summed E-state index contributed by atoms with van der Waals surface area (Å²) >= 11 is 0. The summed E-state index contributed by atoms with van der Waals surface area (Å²) in [4.78, 5) is 2.60. The first-order valence-corrected chi connectivity index (χ1v) is 6.27. The molecule has 1 saturated heterocycles. The van der Waals surface area contributed by atoms with Crippen LogP contribution < -0.4 is 5.32 Å². The molecule has 2 heterocycles. The zero-order valence-electron chi connectivity index (χ0n) is 10.4. The predicted molar refractivity (Wildman–Crippen MR) is 67.6 cm³/mol. The number of nitrogens with one attached hydrogen (secondary N) is 1. The Morgan fingerprint density at radius 2 is 2.06 bits per heavy atom. The van der Waals surface area contributed by atoms with Gasteiger partial charge < -0.3 is 5.32 Å². The number of nitrogens with zero attached hydrogens (tertiary/aromatic N) is 1. The largest absolute Gasteiger partial charge is 0.369 e. The molecule has 0 aliphatic carbocycles. The molecular formula is C14H20N2. The molecule has 2 atom stereocenters. The van der Waals surface area contributed by atoms with Gasteiger partial charge in [-0.05, 0) is 44.7 Å². The van der Waals surface area contributed by atoms with Crippen molar-refractivity contribution in [2.24, 2.45) is 0 Å². The molecule has 0 saturated carbocycles. The molecule has 0 amide bonds. The van der Waals surface area contributed by atoms with Crippen LogP contribution in [0.4, 0.5) is 5.69 Å². The van der Waals surface area contributed by atoms with Crippen LogP contribution in [0.2, 0.25) is 0 Å². The van der Waals surface area contributed by atoms with E-state index in [1.807, 2.05) is 0 Å². The van der Waals surface area contributed by atoms with Gasteiger partial charge in [0.2, 0.25) is 0 Å². The van der Waals surface area contributed by atoms with Crippen LogP contribution in [0.5, 0.6) is 0 Å². The molecule has 1 N–H and O–H groups in total. The highest BCUT2D eigenvalue weighted by atomic mass is 15.3. The number of hydrogen-bond acceptors (Lipinski definition) is 2. The molecule has 2 aliphatic heterocycles. The van der Waals surface area contributed by atoms with Crippen LogP contribution in [0.1, 0.15) is 36.5 Å². The van der Waals surface area contributed by atoms with Gasteiger partial charge in [0.05, 0.1) is 6.17 Å². The molecule has 0 radical (unpaired) electrons. The summed E-state index contributed by atoms with van der Waals surface area (Å²) in [6.45, 7) is 7.87. The third-order valence-corrected chi connectivity index (χ3v) is 4.05. The van der Waals surface area contributed by atoms with Gasteiger partial charge in [-0.1, -0.05) is 17.7 Å². The molecule has 0 spiro atoms. The maximum atomic E-state index is 3.71. The van der Waals surface area contributed by atoms with Crippen molar-refractivity contribution in [1.29, 1.82) is 0 Å². The summed E-state index contributed by atoms with van der Waals surface area (Å²) in [6, 6.07) is 5.34. The van der Waals surface area contributed by atoms with E-state index in [1.54, 1.807) is 0 Å². The number of benzene rings is 1. The maximum absolute atomic E-state index is 3.71. The fraction of sp³-hybridized carbons (Fsp3) is 0.571. The van der Waals surface area contributed by atoms with E-state index in [2.05, 4.69) is 43.1 Å². The van der Waals surface area contributed by atoms with Crippen LogP contribution >= 0.6 is 0 Å². The van der Waals surface area contributed by atoms with Gasteiger partial charge >= 0.3 is 0 Å². The molecule has 1 fully saturated rings. The zero-order chi connectivity index (χ0) is 11.3. The summed E-state index contributed by atoms with van der Waals surface area (Å²) in [5.74, 6) is 0. The molecule has 1 aromatic rings. The summed E-state index contributed by atoms with van der Waals surface area (Å²) < 4.78 is 0. The van der Waals surface area contributed by atoms with Crippen molar-refractivity contribution >= 4 is 5.69 Å². The molecular weight excluding hydrogens is 196 g/mol. The lowest BCUT2D eigenvalue weighted by Gasteiger charge is -2.36. The summed E-state index contributed by atoms with van der Waals surface area (Å²) in [7, 11) is 0. The SMILES string of the molecule is Cc1cc(C)c2c(c1)CN1C(C)CCC1N2. The van der Waals surface area contributed by atoms with E-state index in [4.69, 9.17) is 0 Å². The predicted octanol–water partition coefficient (Wildman–Crippen LogP) is 3.04. The normalized spacial score (nSPS) is 28.4. The van der Waals surface area contributed by atoms with Crippen molar-refractivity contribution in [1.82, 2.24) is 4.90 Å². The first-order chi connectivity index (χ1) is 7.65. The summed E-state index contributed by atoms with van der Waals surface area (Å²) in [5.41, 5.74) is 5.64. The lowest BCUT2D eigenvalue weighted by atomic mass is 10.0. The van der Waals surface area contributed by atoms with Gasteiger partial charge in [0, 0.05) is 18.3 Å². The van der Waals surface area contributed by atoms with E-state index >= 15 is 0 Å². The molecule has 86 valence electrons. The van der Waals surface area contributed by atoms with Gasteiger partial charge in [0.15, 0.2) is 0 Å². The Morgan fingerprint density at radius 1 is 1.25 bits per heavy atom. The van der Waals surface area contributed by atoms with E-state index in [1.165, 1.54) is 35.2 Å². The van der Waals surface area contributed by atoms with Crippen molar-refractivity contribution in [2.75, 3.05) is 5.32 Å². The first kappa shape index (κ1) is 10.2. The second-order valence-corrected chi connectivity index (χ2v) is 5.37. The quantitative estimate of drug-likeness (QED) is 0.717. The van der Waals surface area contributed by atoms with Crippen molar-refractivity contribution in [3.8, 4) is 0 Å². The van der Waals surface area contributed by atoms with Gasteiger partial charge in [-0.15, -0.1) is 0 Å². The van der Waals surface area contributed by atoms with Crippen molar-refractivity contribution in [2.45, 2.75) is 52.4 Å². The standard InChI is InChI=1S/C14H20N2/c1-9-6-10(2)14-12(7-9)8-16-11(3)4-5-13(16)15-14/h6-7,11,13,15H,4-5,8H2,1-3H3. The Bertz CT molecular complexity index is 425. The van der Waals surface area contributed by atoms with Crippen LogP contribution in [0.15, 0.2) is 12.1 Å². The zero-order valence-corrected chi connectivity index (χ0v) is 10.4. The van der Waals surface area contributed by atoms with Gasteiger partial charge in [-0.25, -0.2) is 0 Å². The van der Waals surface area contributed by atoms with Crippen molar-refractivity contribution < 1.29 is 0 Å². The fourth-order valence-electron chi connectivity index (χ4n) is 3.21. The van der Waals surface area contributed by atoms with Crippen LogP contribution in [-0.2, 0) is 6.54 Å². The van der Waals surface area contributed by atoms with Crippen LogP contribution in [0.25, 0.3) is 0 Å². The number of fused-ring (bicyclic) bond motifs is 2. The Morgan fingerprint density at radius 3 is 2.88 bits per heavy atom. The minimum Gasteiger partial charge on any atom is -0.369 e. The third-order valence-electron chi connectivity index (χ3n) is 4.05.